The van der Waals surface area contributed by atoms with Crippen molar-refractivity contribution in [3.05, 3.63) is 53.6 Å². The van der Waals surface area contributed by atoms with Gasteiger partial charge in [-0.3, -0.25) is 14.6 Å². The van der Waals surface area contributed by atoms with Crippen LogP contribution >= 0.6 is 0 Å². The molecule has 34 heavy (non-hydrogen) atoms. The number of carbonyl (C=O) groups excluding carboxylic acids is 2. The van der Waals surface area contributed by atoms with E-state index in [2.05, 4.69) is 9.97 Å². The van der Waals surface area contributed by atoms with Crippen LogP contribution in [0.1, 0.15) is 42.0 Å². The molecule has 1 saturated heterocycles. The number of hydrogen-bond donors (Lipinski definition) is 0. The van der Waals surface area contributed by atoms with Crippen LogP contribution in [-0.4, -0.2) is 70.9 Å². The van der Waals surface area contributed by atoms with Gasteiger partial charge >= 0.3 is 6.18 Å². The second-order valence-corrected chi connectivity index (χ2v) is 8.85. The van der Waals surface area contributed by atoms with Crippen LogP contribution in [0.25, 0.3) is 0 Å². The van der Waals surface area contributed by atoms with Gasteiger partial charge in [0, 0.05) is 57.6 Å². The number of aromatic nitrogens is 2. The van der Waals surface area contributed by atoms with Crippen LogP contribution in [0.5, 0.6) is 0 Å². The minimum absolute atomic E-state index is 0.0831. The minimum atomic E-state index is -4.39. The van der Waals surface area contributed by atoms with Crippen molar-refractivity contribution in [2.24, 2.45) is 5.92 Å². The lowest BCUT2D eigenvalue weighted by atomic mass is 10.1. The van der Waals surface area contributed by atoms with Gasteiger partial charge in [0.2, 0.25) is 5.91 Å². The van der Waals surface area contributed by atoms with Crippen molar-refractivity contribution in [1.82, 2.24) is 19.8 Å². The first-order valence-electron chi connectivity index (χ1n) is 11.3. The van der Waals surface area contributed by atoms with Crippen molar-refractivity contribution in [2.75, 3.05) is 44.2 Å². The Morgan fingerprint density at radius 1 is 1.09 bits per heavy atom. The van der Waals surface area contributed by atoms with Crippen molar-refractivity contribution in [1.29, 1.82) is 0 Å². The van der Waals surface area contributed by atoms with Crippen molar-refractivity contribution in [3.63, 3.8) is 0 Å². The molecule has 0 unspecified atom stereocenters. The largest absolute Gasteiger partial charge is 0.416 e. The zero-order valence-electron chi connectivity index (χ0n) is 19.7. The summed E-state index contributed by atoms with van der Waals surface area (Å²) in [6.07, 6.45) is -1.24. The second-order valence-electron chi connectivity index (χ2n) is 8.85. The summed E-state index contributed by atoms with van der Waals surface area (Å²) in [5.74, 6) is -0.128. The van der Waals surface area contributed by atoms with E-state index >= 15 is 0 Å². The molecule has 184 valence electrons. The summed E-state index contributed by atoms with van der Waals surface area (Å²) in [5.41, 5.74) is 0.770. The molecule has 0 radical (unpaired) electrons. The number of aryl methyl sites for hydroxylation is 1. The highest BCUT2D eigenvalue weighted by Crippen LogP contribution is 2.31. The quantitative estimate of drug-likeness (QED) is 0.609. The Labute approximate surface area is 197 Å². The van der Waals surface area contributed by atoms with Crippen LogP contribution in [0, 0.1) is 12.8 Å². The molecule has 2 amide bonds. The first kappa shape index (κ1) is 25.5. The van der Waals surface area contributed by atoms with E-state index < -0.39 is 11.7 Å². The molecule has 1 aliphatic heterocycles. The Morgan fingerprint density at radius 3 is 2.38 bits per heavy atom. The Balaban J connectivity index is 1.56. The van der Waals surface area contributed by atoms with E-state index in [-0.39, 0.29) is 36.4 Å². The predicted molar refractivity (Wildman–Crippen MR) is 122 cm³/mol. The number of alkyl halides is 3. The molecule has 0 aliphatic carbocycles. The average Bonchev–Trinajstić information content (AvgIpc) is 2.81. The van der Waals surface area contributed by atoms with Gasteiger partial charge in [0.25, 0.3) is 5.91 Å². The Bertz CT molecular complexity index is 987. The summed E-state index contributed by atoms with van der Waals surface area (Å²) in [7, 11) is 0. The molecule has 1 fully saturated rings. The smallest absolute Gasteiger partial charge is 0.368 e. The van der Waals surface area contributed by atoms with Gasteiger partial charge in [-0.15, -0.1) is 0 Å². The van der Waals surface area contributed by atoms with Gasteiger partial charge in [0.1, 0.15) is 5.69 Å². The van der Waals surface area contributed by atoms with E-state index in [1.165, 1.54) is 18.5 Å². The highest BCUT2D eigenvalue weighted by atomic mass is 19.4. The first-order chi connectivity index (χ1) is 16.0. The topological polar surface area (TPSA) is 69.6 Å². The van der Waals surface area contributed by atoms with Crippen LogP contribution in [0.4, 0.5) is 18.9 Å². The number of anilines is 1. The number of benzene rings is 1. The van der Waals surface area contributed by atoms with Gasteiger partial charge in [0.15, 0.2) is 0 Å². The third-order valence-electron chi connectivity index (χ3n) is 5.64. The van der Waals surface area contributed by atoms with Gasteiger partial charge in [-0.05, 0) is 31.0 Å². The third kappa shape index (κ3) is 6.68. The zero-order chi connectivity index (χ0) is 24.9. The molecule has 3 rings (SSSR count). The second kappa shape index (κ2) is 10.8. The van der Waals surface area contributed by atoms with E-state index in [1.807, 2.05) is 18.7 Å². The number of nitrogens with zero attached hydrogens (tertiary/aromatic N) is 5. The highest BCUT2D eigenvalue weighted by molar-refractivity contribution is 5.92. The first-order valence-corrected chi connectivity index (χ1v) is 11.3. The SMILES string of the molecule is Cc1cnc(C(=O)N(CCC(=O)N2CCN(c3cccc(C(F)(F)F)c3)CC2)CC(C)C)cn1. The molecular formula is C24H30F3N5O2. The third-order valence-corrected chi connectivity index (χ3v) is 5.64. The summed E-state index contributed by atoms with van der Waals surface area (Å²) < 4.78 is 39.0. The monoisotopic (exact) mass is 477 g/mol. The van der Waals surface area contributed by atoms with Crippen molar-refractivity contribution in [2.45, 2.75) is 33.4 Å². The molecule has 2 aromatic rings. The Kier molecular flexibility index (Phi) is 8.11. The number of hydrogen-bond acceptors (Lipinski definition) is 5. The number of amides is 2. The average molecular weight is 478 g/mol. The van der Waals surface area contributed by atoms with Crippen LogP contribution in [0.15, 0.2) is 36.7 Å². The summed E-state index contributed by atoms with van der Waals surface area (Å²) in [4.78, 5) is 39.2. The molecule has 0 spiro atoms. The molecular weight excluding hydrogens is 447 g/mol. The Morgan fingerprint density at radius 2 is 1.79 bits per heavy atom. The molecule has 7 nitrogen and oxygen atoms in total. The van der Waals surface area contributed by atoms with Crippen molar-refractivity contribution in [3.8, 4) is 0 Å². The fourth-order valence-corrected chi connectivity index (χ4v) is 3.86. The van der Waals surface area contributed by atoms with Gasteiger partial charge in [-0.1, -0.05) is 19.9 Å². The predicted octanol–water partition coefficient (Wildman–Crippen LogP) is 3.64. The number of rotatable bonds is 7. The van der Waals surface area contributed by atoms with Crippen LogP contribution in [0.3, 0.4) is 0 Å². The highest BCUT2D eigenvalue weighted by Gasteiger charge is 2.31. The maximum Gasteiger partial charge on any atom is 0.416 e. The zero-order valence-corrected chi connectivity index (χ0v) is 19.7. The molecule has 10 heteroatoms. The molecule has 0 bridgehead atoms. The van der Waals surface area contributed by atoms with E-state index in [0.29, 0.717) is 44.1 Å². The summed E-state index contributed by atoms with van der Waals surface area (Å²) in [5, 5.41) is 0. The maximum atomic E-state index is 13.0. The minimum Gasteiger partial charge on any atom is -0.368 e. The molecule has 0 N–H and O–H groups in total. The molecule has 1 aromatic carbocycles. The lowest BCUT2D eigenvalue weighted by molar-refractivity contribution is -0.137. The van der Waals surface area contributed by atoms with Gasteiger partial charge in [-0.2, -0.15) is 13.2 Å². The lowest BCUT2D eigenvalue weighted by Crippen LogP contribution is -2.49. The normalized spacial score (nSPS) is 14.4. The van der Waals surface area contributed by atoms with Crippen molar-refractivity contribution < 1.29 is 22.8 Å². The molecule has 1 aromatic heterocycles. The standard InChI is InChI=1S/C24H30F3N5O2/c1-17(2)16-32(23(34)21-15-28-18(3)14-29-21)8-7-22(33)31-11-9-30(10-12-31)20-6-4-5-19(13-20)24(25,26)27/h4-6,13-15,17H,7-12,16H2,1-3H3. The molecule has 0 saturated carbocycles. The van der Waals surface area contributed by atoms with Gasteiger partial charge in [-0.25, -0.2) is 4.98 Å². The summed E-state index contributed by atoms with van der Waals surface area (Å²) >= 11 is 0. The molecule has 2 heterocycles. The van der Waals surface area contributed by atoms with Crippen LogP contribution in [-0.2, 0) is 11.0 Å². The fourth-order valence-electron chi connectivity index (χ4n) is 3.86. The molecule has 1 aliphatic rings. The van der Waals surface area contributed by atoms with E-state index in [1.54, 1.807) is 22.8 Å². The maximum absolute atomic E-state index is 13.0. The van der Waals surface area contributed by atoms with Crippen molar-refractivity contribution >= 4 is 17.5 Å². The van der Waals surface area contributed by atoms with Crippen LogP contribution in [0.2, 0.25) is 0 Å². The summed E-state index contributed by atoms with van der Waals surface area (Å²) in [6.45, 7) is 8.25. The lowest BCUT2D eigenvalue weighted by Gasteiger charge is -2.36. The molecule has 0 atom stereocenters. The van der Waals surface area contributed by atoms with E-state index in [4.69, 9.17) is 0 Å². The van der Waals surface area contributed by atoms with E-state index in [9.17, 15) is 22.8 Å². The van der Waals surface area contributed by atoms with E-state index in [0.717, 1.165) is 12.1 Å². The summed E-state index contributed by atoms with van der Waals surface area (Å²) in [6, 6.07) is 5.24. The number of piperazine rings is 1. The van der Waals surface area contributed by atoms with Gasteiger partial charge < -0.3 is 14.7 Å². The van der Waals surface area contributed by atoms with Crippen LogP contribution < -0.4 is 4.90 Å². The number of halogens is 3. The Hall–Kier alpha value is -3.17. The number of carbonyl (C=O) groups is 2. The van der Waals surface area contributed by atoms with Gasteiger partial charge in [0.05, 0.1) is 17.5 Å². The fraction of sp³-hybridized carbons (Fsp3) is 0.500.